The summed E-state index contributed by atoms with van der Waals surface area (Å²) in [5.74, 6) is 1.57. The molecule has 0 radical (unpaired) electrons. The van der Waals surface area contributed by atoms with Crippen molar-refractivity contribution in [2.75, 3.05) is 0 Å². The van der Waals surface area contributed by atoms with Gasteiger partial charge in [-0.2, -0.15) is 0 Å². The number of rotatable bonds is 0. The highest BCUT2D eigenvalue weighted by Crippen LogP contribution is 2.53. The smallest absolute Gasteiger partial charge is 0.223 e. The number of hydrogen-bond donors (Lipinski definition) is 1. The van der Waals surface area contributed by atoms with Crippen molar-refractivity contribution in [3.05, 3.63) is 0 Å². The van der Waals surface area contributed by atoms with Gasteiger partial charge in [0, 0.05) is 12.0 Å². The van der Waals surface area contributed by atoms with Gasteiger partial charge in [-0.1, -0.05) is 13.3 Å². The van der Waals surface area contributed by atoms with Crippen LogP contribution >= 0.6 is 0 Å². The first kappa shape index (κ1) is 8.75. The summed E-state index contributed by atoms with van der Waals surface area (Å²) in [7, 11) is 0. The van der Waals surface area contributed by atoms with E-state index in [1.807, 2.05) is 0 Å². The van der Waals surface area contributed by atoms with Crippen LogP contribution in [0.4, 0.5) is 0 Å². The molecule has 3 rings (SSSR count). The molecular weight excluding hydrogens is 174 g/mol. The van der Waals surface area contributed by atoms with Crippen LogP contribution in [0.2, 0.25) is 0 Å². The zero-order chi connectivity index (χ0) is 9.76. The van der Waals surface area contributed by atoms with Crippen molar-refractivity contribution in [1.29, 1.82) is 0 Å². The maximum absolute atomic E-state index is 11.7. The highest BCUT2D eigenvalue weighted by molar-refractivity contribution is 5.80. The molecule has 0 unspecified atom stereocenters. The van der Waals surface area contributed by atoms with Gasteiger partial charge in [0.15, 0.2) is 0 Å². The van der Waals surface area contributed by atoms with Crippen molar-refractivity contribution in [2.24, 2.45) is 17.3 Å². The topological polar surface area (TPSA) is 29.1 Å². The van der Waals surface area contributed by atoms with E-state index in [1.165, 1.54) is 25.7 Å². The average molecular weight is 193 g/mol. The molecule has 4 atom stereocenters. The van der Waals surface area contributed by atoms with Gasteiger partial charge >= 0.3 is 0 Å². The first-order valence-corrected chi connectivity index (χ1v) is 6.00. The number of amides is 1. The molecule has 2 bridgehead atoms. The molecule has 2 saturated carbocycles. The lowest BCUT2D eigenvalue weighted by Gasteiger charge is -2.55. The average Bonchev–Trinajstić information content (AvgIpc) is 2.18. The van der Waals surface area contributed by atoms with Gasteiger partial charge in [0.2, 0.25) is 5.91 Å². The number of fused-ring (bicyclic) bond motifs is 1. The fraction of sp³-hybridized carbons (Fsp3) is 0.917. The minimum Gasteiger partial charge on any atom is -0.353 e. The van der Waals surface area contributed by atoms with E-state index in [1.54, 1.807) is 0 Å². The van der Waals surface area contributed by atoms with E-state index >= 15 is 0 Å². The van der Waals surface area contributed by atoms with Gasteiger partial charge in [-0.3, -0.25) is 4.79 Å². The van der Waals surface area contributed by atoms with E-state index in [4.69, 9.17) is 0 Å². The van der Waals surface area contributed by atoms with Crippen LogP contribution in [0, 0.1) is 17.3 Å². The highest BCUT2D eigenvalue weighted by atomic mass is 16.2. The van der Waals surface area contributed by atoms with Crippen LogP contribution in [0.5, 0.6) is 0 Å². The molecule has 2 heteroatoms. The summed E-state index contributed by atoms with van der Waals surface area (Å²) < 4.78 is 0. The quantitative estimate of drug-likeness (QED) is 0.627. The van der Waals surface area contributed by atoms with Gasteiger partial charge in [0.1, 0.15) is 0 Å². The zero-order valence-electron chi connectivity index (χ0n) is 8.88. The van der Waals surface area contributed by atoms with E-state index < -0.39 is 0 Å². The molecule has 2 nitrogen and oxygen atoms in total. The van der Waals surface area contributed by atoms with Crippen LogP contribution < -0.4 is 5.32 Å². The van der Waals surface area contributed by atoms with Crippen LogP contribution in [-0.2, 0) is 4.79 Å². The molecule has 78 valence electrons. The van der Waals surface area contributed by atoms with Gasteiger partial charge in [-0.25, -0.2) is 0 Å². The SMILES string of the molecule is C[C@]12C[C@H]3CC[C@H]1CCC[C@H]2NC3=O. The van der Waals surface area contributed by atoms with Gasteiger partial charge in [0.25, 0.3) is 0 Å². The summed E-state index contributed by atoms with van der Waals surface area (Å²) in [6.07, 6.45) is 7.52. The van der Waals surface area contributed by atoms with Crippen molar-refractivity contribution < 1.29 is 4.79 Å². The Morgan fingerprint density at radius 3 is 3.00 bits per heavy atom. The van der Waals surface area contributed by atoms with E-state index in [9.17, 15) is 4.79 Å². The maximum Gasteiger partial charge on any atom is 0.223 e. The lowest BCUT2D eigenvalue weighted by molar-refractivity contribution is -0.140. The van der Waals surface area contributed by atoms with Crippen LogP contribution in [0.25, 0.3) is 0 Å². The van der Waals surface area contributed by atoms with Crippen LogP contribution in [0.3, 0.4) is 0 Å². The van der Waals surface area contributed by atoms with E-state index in [0.29, 0.717) is 23.3 Å². The van der Waals surface area contributed by atoms with Crippen LogP contribution in [-0.4, -0.2) is 11.9 Å². The van der Waals surface area contributed by atoms with Gasteiger partial charge < -0.3 is 5.32 Å². The van der Waals surface area contributed by atoms with E-state index in [2.05, 4.69) is 12.2 Å². The second-order valence-electron chi connectivity index (χ2n) is 5.67. The monoisotopic (exact) mass is 193 g/mol. The van der Waals surface area contributed by atoms with Crippen molar-refractivity contribution in [3.63, 3.8) is 0 Å². The summed E-state index contributed by atoms with van der Waals surface area (Å²) in [6, 6.07) is 0.491. The number of piperidine rings is 1. The molecule has 0 aromatic rings. The summed E-state index contributed by atoms with van der Waals surface area (Å²) in [5, 5.41) is 3.25. The Morgan fingerprint density at radius 1 is 1.29 bits per heavy atom. The third kappa shape index (κ3) is 0.999. The second-order valence-corrected chi connectivity index (χ2v) is 5.67. The highest BCUT2D eigenvalue weighted by Gasteiger charge is 2.52. The van der Waals surface area contributed by atoms with Gasteiger partial charge in [0.05, 0.1) is 0 Å². The summed E-state index contributed by atoms with van der Waals surface area (Å²) >= 11 is 0. The molecular formula is C12H19NO. The van der Waals surface area contributed by atoms with Crippen molar-refractivity contribution in [1.82, 2.24) is 5.32 Å². The zero-order valence-corrected chi connectivity index (χ0v) is 8.88. The predicted octanol–water partition coefficient (Wildman–Crippen LogP) is 2.09. The van der Waals surface area contributed by atoms with Crippen LogP contribution in [0.15, 0.2) is 0 Å². The second kappa shape index (κ2) is 2.74. The predicted molar refractivity (Wildman–Crippen MR) is 54.7 cm³/mol. The molecule has 3 fully saturated rings. The third-order valence-corrected chi connectivity index (χ3v) is 5.01. The number of hydrogen-bond acceptors (Lipinski definition) is 1. The third-order valence-electron chi connectivity index (χ3n) is 5.01. The summed E-state index contributed by atoms with van der Waals surface area (Å²) in [6.45, 7) is 2.41. The fourth-order valence-corrected chi connectivity index (χ4v) is 4.08. The molecule has 1 N–H and O–H groups in total. The maximum atomic E-state index is 11.7. The molecule has 3 aliphatic rings. The Balaban J connectivity index is 1.95. The van der Waals surface area contributed by atoms with Crippen LogP contribution in [0.1, 0.15) is 45.4 Å². The first-order chi connectivity index (χ1) is 6.70. The molecule has 0 spiro atoms. The molecule has 2 aliphatic carbocycles. The first-order valence-electron chi connectivity index (χ1n) is 6.00. The molecule has 1 amide bonds. The lowest BCUT2D eigenvalue weighted by Crippen LogP contribution is -2.61. The Bertz CT molecular complexity index is 275. The van der Waals surface area contributed by atoms with Gasteiger partial charge in [-0.15, -0.1) is 0 Å². The number of carbonyl (C=O) groups excluding carboxylic acids is 1. The molecule has 0 aromatic carbocycles. The van der Waals surface area contributed by atoms with Crippen molar-refractivity contribution in [2.45, 2.75) is 51.5 Å². The molecule has 0 aromatic heterocycles. The minimum atomic E-state index is 0.339. The van der Waals surface area contributed by atoms with Crippen molar-refractivity contribution in [3.8, 4) is 0 Å². The Hall–Kier alpha value is -0.530. The van der Waals surface area contributed by atoms with Crippen molar-refractivity contribution >= 4 is 5.91 Å². The van der Waals surface area contributed by atoms with Gasteiger partial charge in [-0.05, 0) is 43.4 Å². The van der Waals surface area contributed by atoms with E-state index in [-0.39, 0.29) is 0 Å². The summed E-state index contributed by atoms with van der Waals surface area (Å²) in [5.41, 5.74) is 0.440. The molecule has 1 saturated heterocycles. The number of nitrogens with one attached hydrogen (secondary N) is 1. The normalized spacial score (nSPS) is 51.2. The Kier molecular flexibility index (Phi) is 1.71. The minimum absolute atomic E-state index is 0.339. The number of carbonyl (C=O) groups is 1. The molecule has 1 heterocycles. The largest absolute Gasteiger partial charge is 0.353 e. The molecule has 14 heavy (non-hydrogen) atoms. The lowest BCUT2D eigenvalue weighted by atomic mass is 9.54. The fourth-order valence-electron chi connectivity index (χ4n) is 4.08. The Labute approximate surface area is 85.4 Å². The Morgan fingerprint density at radius 2 is 2.14 bits per heavy atom. The van der Waals surface area contributed by atoms with E-state index in [0.717, 1.165) is 18.8 Å². The standard InChI is InChI=1S/C12H19NO/c1-12-7-8-5-6-9(12)3-2-4-10(12)13-11(8)14/h8-10H,2-7H2,1H3,(H,13,14)/t8-,9-,10-,12+/m1/s1. The summed E-state index contributed by atoms with van der Waals surface area (Å²) in [4.78, 5) is 11.7. The molecule has 1 aliphatic heterocycles.